The van der Waals surface area contributed by atoms with E-state index in [-0.39, 0.29) is 11.6 Å². The first-order valence-electron chi connectivity index (χ1n) is 6.97. The lowest BCUT2D eigenvalue weighted by Crippen LogP contribution is -2.42. The molecule has 0 spiro atoms. The van der Waals surface area contributed by atoms with Crippen molar-refractivity contribution in [2.75, 3.05) is 6.54 Å². The van der Waals surface area contributed by atoms with Crippen molar-refractivity contribution in [1.29, 1.82) is 0 Å². The van der Waals surface area contributed by atoms with Gasteiger partial charge >= 0.3 is 5.69 Å². The van der Waals surface area contributed by atoms with E-state index in [0.717, 1.165) is 19.4 Å². The summed E-state index contributed by atoms with van der Waals surface area (Å²) in [5, 5.41) is 14.8. The molecule has 1 atom stereocenters. The van der Waals surface area contributed by atoms with Crippen LogP contribution in [0.1, 0.15) is 38.3 Å². The molecule has 1 saturated heterocycles. The predicted octanol–water partition coefficient (Wildman–Crippen LogP) is 1.89. The van der Waals surface area contributed by atoms with Crippen LogP contribution in [0.25, 0.3) is 0 Å². The Hall–Kier alpha value is -1.92. The van der Waals surface area contributed by atoms with Crippen molar-refractivity contribution in [1.82, 2.24) is 14.7 Å². The number of amides is 1. The van der Waals surface area contributed by atoms with Gasteiger partial charge in [0.05, 0.1) is 4.92 Å². The molecular weight excluding hydrogens is 260 g/mol. The van der Waals surface area contributed by atoms with Crippen LogP contribution in [0.2, 0.25) is 0 Å². The maximum absolute atomic E-state index is 12.2. The monoisotopic (exact) mass is 280 g/mol. The molecule has 1 aliphatic rings. The average molecular weight is 280 g/mol. The molecule has 0 aromatic carbocycles. The molecule has 2 rings (SSSR count). The number of piperidine rings is 1. The Morgan fingerprint density at radius 1 is 1.55 bits per heavy atom. The number of nitrogens with zero attached hydrogens (tertiary/aromatic N) is 4. The molecule has 1 fully saturated rings. The summed E-state index contributed by atoms with van der Waals surface area (Å²) in [5.41, 5.74) is 0.387. The van der Waals surface area contributed by atoms with Crippen LogP contribution in [0.15, 0.2) is 6.20 Å². The van der Waals surface area contributed by atoms with E-state index in [9.17, 15) is 14.9 Å². The van der Waals surface area contributed by atoms with Crippen molar-refractivity contribution < 1.29 is 9.72 Å². The molecule has 1 aromatic heterocycles. The number of carbonyl (C=O) groups excluding carboxylic acids is 1. The van der Waals surface area contributed by atoms with Gasteiger partial charge in [0.1, 0.15) is 11.9 Å². The first-order chi connectivity index (χ1) is 9.49. The van der Waals surface area contributed by atoms with Gasteiger partial charge in [-0.05, 0) is 33.1 Å². The topological polar surface area (TPSA) is 81.3 Å². The minimum absolute atomic E-state index is 0.00351. The van der Waals surface area contributed by atoms with Crippen molar-refractivity contribution in [2.45, 2.75) is 52.1 Å². The molecule has 7 nitrogen and oxygen atoms in total. The van der Waals surface area contributed by atoms with Crippen molar-refractivity contribution in [3.63, 3.8) is 0 Å². The molecule has 20 heavy (non-hydrogen) atoms. The molecule has 0 radical (unpaired) electrons. The van der Waals surface area contributed by atoms with E-state index in [1.165, 1.54) is 17.3 Å². The standard InChI is InChI=1S/C13H20N4O3/c1-10-5-3-4-7-16(10)13(18)6-8-15-9-12(17(19)20)11(2)14-15/h9-10H,3-8H2,1-2H3/t10-/m1/s1. The second-order valence-corrected chi connectivity index (χ2v) is 5.30. The zero-order valence-corrected chi connectivity index (χ0v) is 11.9. The lowest BCUT2D eigenvalue weighted by atomic mass is 10.0. The Morgan fingerprint density at radius 2 is 2.30 bits per heavy atom. The predicted molar refractivity (Wildman–Crippen MR) is 73.3 cm³/mol. The lowest BCUT2D eigenvalue weighted by Gasteiger charge is -2.33. The molecule has 0 saturated carbocycles. The van der Waals surface area contributed by atoms with Gasteiger partial charge < -0.3 is 4.90 Å². The van der Waals surface area contributed by atoms with Crippen LogP contribution in [0.4, 0.5) is 5.69 Å². The summed E-state index contributed by atoms with van der Waals surface area (Å²) in [6.45, 7) is 4.87. The second kappa shape index (κ2) is 6.02. The Kier molecular flexibility index (Phi) is 4.36. The summed E-state index contributed by atoms with van der Waals surface area (Å²) in [7, 11) is 0. The Labute approximate surface area is 117 Å². The molecule has 2 heterocycles. The number of aryl methyl sites for hydroxylation is 2. The number of likely N-dealkylation sites (tertiary alicyclic amines) is 1. The van der Waals surface area contributed by atoms with Crippen LogP contribution in [-0.4, -0.2) is 38.1 Å². The van der Waals surface area contributed by atoms with Crippen LogP contribution in [0.5, 0.6) is 0 Å². The SMILES string of the molecule is Cc1nn(CCC(=O)N2CCCC[C@H]2C)cc1[N+](=O)[O-]. The molecular formula is C13H20N4O3. The number of carbonyl (C=O) groups is 1. The zero-order chi connectivity index (χ0) is 14.7. The zero-order valence-electron chi connectivity index (χ0n) is 11.9. The number of nitro groups is 1. The summed E-state index contributed by atoms with van der Waals surface area (Å²) in [6, 6.07) is 0.296. The summed E-state index contributed by atoms with van der Waals surface area (Å²) in [5.74, 6) is 0.105. The second-order valence-electron chi connectivity index (χ2n) is 5.30. The van der Waals surface area contributed by atoms with Crippen molar-refractivity contribution in [3.8, 4) is 0 Å². The van der Waals surface area contributed by atoms with Gasteiger partial charge in [0, 0.05) is 25.6 Å². The summed E-state index contributed by atoms with van der Waals surface area (Å²) in [6.07, 6.45) is 5.01. The van der Waals surface area contributed by atoms with Crippen molar-refractivity contribution in [3.05, 3.63) is 22.0 Å². The summed E-state index contributed by atoms with van der Waals surface area (Å²) < 4.78 is 1.49. The number of hydrogen-bond acceptors (Lipinski definition) is 4. The van der Waals surface area contributed by atoms with E-state index in [1.54, 1.807) is 6.92 Å². The summed E-state index contributed by atoms with van der Waals surface area (Å²) in [4.78, 5) is 24.4. The molecule has 7 heteroatoms. The van der Waals surface area contributed by atoms with Crippen molar-refractivity contribution in [2.24, 2.45) is 0 Å². The van der Waals surface area contributed by atoms with E-state index >= 15 is 0 Å². The van der Waals surface area contributed by atoms with E-state index in [4.69, 9.17) is 0 Å². The average Bonchev–Trinajstić information content (AvgIpc) is 2.78. The third-order valence-corrected chi connectivity index (χ3v) is 3.80. The van der Waals surface area contributed by atoms with Gasteiger partial charge in [0.2, 0.25) is 5.91 Å². The smallest absolute Gasteiger partial charge is 0.309 e. The molecule has 1 amide bonds. The van der Waals surface area contributed by atoms with E-state index < -0.39 is 4.92 Å². The van der Waals surface area contributed by atoms with Crippen molar-refractivity contribution >= 4 is 11.6 Å². The quantitative estimate of drug-likeness (QED) is 0.623. The highest BCUT2D eigenvalue weighted by Crippen LogP contribution is 2.18. The van der Waals surface area contributed by atoms with Gasteiger partial charge in [-0.25, -0.2) is 0 Å². The maximum atomic E-state index is 12.2. The van der Waals surface area contributed by atoms with Gasteiger partial charge in [-0.3, -0.25) is 19.6 Å². The first kappa shape index (κ1) is 14.5. The fraction of sp³-hybridized carbons (Fsp3) is 0.692. The lowest BCUT2D eigenvalue weighted by molar-refractivity contribution is -0.385. The Balaban J connectivity index is 1.93. The van der Waals surface area contributed by atoms with Crippen LogP contribution in [0, 0.1) is 17.0 Å². The van der Waals surface area contributed by atoms with Crippen LogP contribution in [0.3, 0.4) is 0 Å². The van der Waals surface area contributed by atoms with Gasteiger partial charge in [0.15, 0.2) is 0 Å². The van der Waals surface area contributed by atoms with Gasteiger partial charge in [-0.1, -0.05) is 0 Å². The normalized spacial score (nSPS) is 19.1. The first-order valence-corrected chi connectivity index (χ1v) is 6.97. The minimum Gasteiger partial charge on any atom is -0.340 e. The fourth-order valence-corrected chi connectivity index (χ4v) is 2.62. The highest BCUT2D eigenvalue weighted by molar-refractivity contribution is 5.76. The van der Waals surface area contributed by atoms with Crippen LogP contribution < -0.4 is 0 Å². The molecule has 0 aliphatic carbocycles. The number of aromatic nitrogens is 2. The van der Waals surface area contributed by atoms with E-state index in [2.05, 4.69) is 12.0 Å². The largest absolute Gasteiger partial charge is 0.340 e. The van der Waals surface area contributed by atoms with E-state index in [0.29, 0.717) is 24.7 Å². The summed E-state index contributed by atoms with van der Waals surface area (Å²) >= 11 is 0. The van der Waals surface area contributed by atoms with Crippen LogP contribution >= 0.6 is 0 Å². The van der Waals surface area contributed by atoms with Gasteiger partial charge in [-0.15, -0.1) is 0 Å². The van der Waals surface area contributed by atoms with Gasteiger partial charge in [-0.2, -0.15) is 5.10 Å². The van der Waals surface area contributed by atoms with Crippen LogP contribution in [-0.2, 0) is 11.3 Å². The number of rotatable bonds is 4. The van der Waals surface area contributed by atoms with E-state index in [1.807, 2.05) is 4.90 Å². The molecule has 1 aromatic rings. The maximum Gasteiger partial charge on any atom is 0.309 e. The highest BCUT2D eigenvalue weighted by Gasteiger charge is 2.23. The molecule has 0 unspecified atom stereocenters. The molecule has 0 bridgehead atoms. The van der Waals surface area contributed by atoms with Gasteiger partial charge in [0.25, 0.3) is 0 Å². The Bertz CT molecular complexity index is 512. The third kappa shape index (κ3) is 3.15. The molecule has 0 N–H and O–H groups in total. The molecule has 1 aliphatic heterocycles. The fourth-order valence-electron chi connectivity index (χ4n) is 2.62. The highest BCUT2D eigenvalue weighted by atomic mass is 16.6. The third-order valence-electron chi connectivity index (χ3n) is 3.80. The molecule has 110 valence electrons. The number of hydrogen-bond donors (Lipinski definition) is 0. The Morgan fingerprint density at radius 3 is 2.90 bits per heavy atom. The minimum atomic E-state index is -0.451.